The van der Waals surface area contributed by atoms with Crippen molar-refractivity contribution in [2.24, 2.45) is 0 Å². The highest BCUT2D eigenvalue weighted by Gasteiger charge is 2.23. The average molecular weight is 509 g/mol. The molecule has 0 bridgehead atoms. The van der Waals surface area contributed by atoms with Gasteiger partial charge in [0, 0.05) is 16.2 Å². The molecule has 0 radical (unpaired) electrons. The third-order valence-electron chi connectivity index (χ3n) is 5.24. The van der Waals surface area contributed by atoms with Gasteiger partial charge < -0.3 is 0 Å². The van der Waals surface area contributed by atoms with Crippen LogP contribution in [0.2, 0.25) is 0 Å². The molecular weight excluding hydrogens is 492 g/mol. The van der Waals surface area contributed by atoms with Crippen molar-refractivity contribution < 1.29 is 38.9 Å². The van der Waals surface area contributed by atoms with Crippen LogP contribution in [0.3, 0.4) is 0 Å². The van der Waals surface area contributed by atoms with E-state index in [1.807, 2.05) is 0 Å². The maximum atomic E-state index is 12.0. The van der Waals surface area contributed by atoms with Crippen molar-refractivity contribution in [3.8, 4) is 0 Å². The minimum absolute atomic E-state index is 0.0149. The summed E-state index contributed by atoms with van der Waals surface area (Å²) in [5.41, 5.74) is 0.847. The lowest BCUT2D eigenvalue weighted by molar-refractivity contribution is 0.480. The molecule has 0 saturated carbocycles. The fourth-order valence-electron chi connectivity index (χ4n) is 3.94. The summed E-state index contributed by atoms with van der Waals surface area (Å²) in [7, 11) is -14.0. The van der Waals surface area contributed by atoms with Crippen LogP contribution in [-0.4, -0.2) is 38.9 Å². The van der Waals surface area contributed by atoms with E-state index in [2.05, 4.69) is 0 Å². The minimum atomic E-state index is -4.76. The highest BCUT2D eigenvalue weighted by atomic mass is 32.2. The highest BCUT2D eigenvalue weighted by Crippen LogP contribution is 2.34. The van der Waals surface area contributed by atoms with Gasteiger partial charge in [-0.3, -0.25) is 13.7 Å². The van der Waals surface area contributed by atoms with Gasteiger partial charge >= 0.3 is 0 Å². The maximum Gasteiger partial charge on any atom is 0.295 e. The summed E-state index contributed by atoms with van der Waals surface area (Å²) in [4.78, 5) is -1.37. The second kappa shape index (κ2) is 7.87. The molecule has 4 aromatic rings. The number of hydrogen-bond donors (Lipinski definition) is 3. The molecule has 0 aromatic heterocycles. The average Bonchev–Trinajstić information content (AvgIpc) is 2.71. The van der Waals surface area contributed by atoms with Crippen LogP contribution in [0.5, 0.6) is 0 Å². The van der Waals surface area contributed by atoms with Crippen LogP contribution in [0.25, 0.3) is 21.5 Å². The molecule has 0 fully saturated rings. The van der Waals surface area contributed by atoms with Crippen LogP contribution in [0, 0.1) is 0 Å². The Morgan fingerprint density at radius 3 is 1.55 bits per heavy atom. The fourth-order valence-corrected chi connectivity index (χ4v) is 6.07. The highest BCUT2D eigenvalue weighted by molar-refractivity contribution is 7.86. The fraction of sp³-hybridized carbons (Fsp3) is 0.0476. The monoisotopic (exact) mass is 508 g/mol. The van der Waals surface area contributed by atoms with E-state index in [4.69, 9.17) is 0 Å². The van der Waals surface area contributed by atoms with Crippen molar-refractivity contribution >= 4 is 51.9 Å². The van der Waals surface area contributed by atoms with Gasteiger partial charge in [-0.05, 0) is 41.1 Å². The van der Waals surface area contributed by atoms with Gasteiger partial charge in [0.05, 0.1) is 0 Å². The number of benzene rings is 4. The normalized spacial score (nSPS) is 12.9. The topological polar surface area (TPSA) is 163 Å². The van der Waals surface area contributed by atoms with Gasteiger partial charge in [0.2, 0.25) is 0 Å². The Labute approximate surface area is 189 Å². The number of fused-ring (bicyclic) bond motifs is 2. The van der Waals surface area contributed by atoms with Gasteiger partial charge in [-0.25, -0.2) is 0 Å². The predicted octanol–water partition coefficient (Wildman–Crippen LogP) is 3.32. The molecule has 0 aliphatic heterocycles. The molecule has 9 nitrogen and oxygen atoms in total. The lowest BCUT2D eigenvalue weighted by atomic mass is 9.95. The molecule has 0 aliphatic carbocycles. The van der Waals surface area contributed by atoms with E-state index in [1.54, 1.807) is 18.2 Å². The van der Waals surface area contributed by atoms with E-state index in [9.17, 15) is 38.9 Å². The molecule has 0 amide bonds. The molecule has 4 rings (SSSR count). The first kappa shape index (κ1) is 23.3. The zero-order valence-corrected chi connectivity index (χ0v) is 19.0. The molecular formula is C21H16O9S3. The van der Waals surface area contributed by atoms with Crippen molar-refractivity contribution in [2.45, 2.75) is 21.1 Å². The van der Waals surface area contributed by atoms with E-state index >= 15 is 0 Å². The molecule has 172 valence electrons. The summed E-state index contributed by atoms with van der Waals surface area (Å²) in [6, 6.07) is 15.1. The van der Waals surface area contributed by atoms with Crippen LogP contribution in [-0.2, 0) is 36.8 Å². The maximum absolute atomic E-state index is 12.0. The van der Waals surface area contributed by atoms with Crippen LogP contribution >= 0.6 is 0 Å². The van der Waals surface area contributed by atoms with Gasteiger partial charge in [0.1, 0.15) is 14.7 Å². The van der Waals surface area contributed by atoms with Gasteiger partial charge in [-0.15, -0.1) is 0 Å². The SMILES string of the molecule is O=S(=O)(O)c1cccc2c(Cc3cccc4c(S(=O)(=O)O)ccc(S(=O)(=O)O)c34)cccc12. The summed E-state index contributed by atoms with van der Waals surface area (Å²) < 4.78 is 100. The zero-order chi connectivity index (χ0) is 24.2. The number of hydrogen-bond acceptors (Lipinski definition) is 6. The molecule has 0 heterocycles. The molecule has 0 aliphatic rings. The third-order valence-corrected chi connectivity index (χ3v) is 7.96. The second-order valence-corrected chi connectivity index (χ2v) is 11.4. The molecule has 33 heavy (non-hydrogen) atoms. The Morgan fingerprint density at radius 2 is 0.939 bits per heavy atom. The van der Waals surface area contributed by atoms with Crippen molar-refractivity contribution in [1.82, 2.24) is 0 Å². The zero-order valence-electron chi connectivity index (χ0n) is 16.6. The first-order chi connectivity index (χ1) is 15.3. The molecule has 0 saturated heterocycles. The lowest BCUT2D eigenvalue weighted by Crippen LogP contribution is -2.06. The Hall–Kier alpha value is -2.87. The first-order valence-electron chi connectivity index (χ1n) is 9.26. The molecule has 3 N–H and O–H groups in total. The van der Waals surface area contributed by atoms with Crippen molar-refractivity contribution in [2.75, 3.05) is 0 Å². The van der Waals surface area contributed by atoms with Gasteiger partial charge in [0.15, 0.2) is 0 Å². The summed E-state index contributed by atoms with van der Waals surface area (Å²) in [6.07, 6.45) is 0.0149. The van der Waals surface area contributed by atoms with E-state index in [-0.39, 0.29) is 27.5 Å². The van der Waals surface area contributed by atoms with Gasteiger partial charge in [-0.2, -0.15) is 25.3 Å². The molecule has 0 unspecified atom stereocenters. The second-order valence-electron chi connectivity index (χ2n) is 7.27. The molecule has 0 atom stereocenters. The van der Waals surface area contributed by atoms with E-state index in [0.29, 0.717) is 16.5 Å². The van der Waals surface area contributed by atoms with Crippen LogP contribution in [0.15, 0.2) is 81.4 Å². The summed E-state index contributed by atoms with van der Waals surface area (Å²) >= 11 is 0. The molecule has 12 heteroatoms. The Kier molecular flexibility index (Phi) is 5.55. The molecule has 0 spiro atoms. The van der Waals surface area contributed by atoms with Crippen molar-refractivity contribution in [3.05, 3.63) is 77.9 Å². The van der Waals surface area contributed by atoms with Crippen LogP contribution < -0.4 is 0 Å². The van der Waals surface area contributed by atoms with Crippen molar-refractivity contribution in [1.29, 1.82) is 0 Å². The molecule has 4 aromatic carbocycles. The number of rotatable bonds is 5. The summed E-state index contributed by atoms with van der Waals surface area (Å²) in [5, 5.41) is 0.498. The quantitative estimate of drug-likeness (QED) is 0.343. The Morgan fingerprint density at radius 1 is 0.485 bits per heavy atom. The Bertz CT molecular complexity index is 1760. The van der Waals surface area contributed by atoms with E-state index in [0.717, 1.165) is 12.1 Å². The third kappa shape index (κ3) is 4.36. The van der Waals surface area contributed by atoms with E-state index < -0.39 is 40.1 Å². The van der Waals surface area contributed by atoms with Crippen LogP contribution in [0.1, 0.15) is 11.1 Å². The summed E-state index contributed by atoms with van der Waals surface area (Å²) in [6.45, 7) is 0. The van der Waals surface area contributed by atoms with Gasteiger partial charge in [0.25, 0.3) is 30.4 Å². The smallest absolute Gasteiger partial charge is 0.282 e. The Balaban J connectivity index is 2.04. The van der Waals surface area contributed by atoms with Gasteiger partial charge in [-0.1, -0.05) is 48.5 Å². The minimum Gasteiger partial charge on any atom is -0.282 e. The first-order valence-corrected chi connectivity index (χ1v) is 13.6. The largest absolute Gasteiger partial charge is 0.295 e. The summed E-state index contributed by atoms with van der Waals surface area (Å²) in [5.74, 6) is 0. The van der Waals surface area contributed by atoms with Crippen LogP contribution in [0.4, 0.5) is 0 Å². The van der Waals surface area contributed by atoms with Crippen molar-refractivity contribution in [3.63, 3.8) is 0 Å². The predicted molar refractivity (Wildman–Crippen MR) is 120 cm³/mol. The lowest BCUT2D eigenvalue weighted by Gasteiger charge is -2.14. The standard InChI is InChI=1S/C21H16O9S3/c22-31(23,24)18-9-3-6-15-13(4-1-7-16(15)18)12-14-5-2-8-17-19(32(25,26)27)10-11-20(21(14)17)33(28,29)30/h1-11H,12H2,(H,22,23,24)(H,25,26,27)(H,28,29,30). The van der Waals surface area contributed by atoms with E-state index in [1.165, 1.54) is 36.4 Å².